The first-order chi connectivity index (χ1) is 15.4. The molecule has 4 rings (SSSR count). The van der Waals surface area contributed by atoms with Gasteiger partial charge in [-0.3, -0.25) is 9.36 Å². The van der Waals surface area contributed by atoms with E-state index in [1.165, 1.54) is 10.1 Å². The van der Waals surface area contributed by atoms with Crippen molar-refractivity contribution < 1.29 is 9.53 Å². The number of benzene rings is 2. The van der Waals surface area contributed by atoms with E-state index in [1.54, 1.807) is 0 Å². The quantitative estimate of drug-likeness (QED) is 0.519. The Morgan fingerprint density at radius 2 is 1.94 bits per heavy atom. The topological polar surface area (TPSA) is 73.2 Å². The van der Waals surface area contributed by atoms with Gasteiger partial charge in [0, 0.05) is 6.54 Å². The van der Waals surface area contributed by atoms with E-state index in [1.807, 2.05) is 42.5 Å². The fourth-order valence-corrected chi connectivity index (χ4v) is 4.18. The number of esters is 1. The summed E-state index contributed by atoms with van der Waals surface area (Å²) in [7, 11) is 0. The Kier molecular flexibility index (Phi) is 6.61. The van der Waals surface area contributed by atoms with Crippen molar-refractivity contribution in [3.8, 4) is 0 Å². The molecule has 32 heavy (non-hydrogen) atoms. The van der Waals surface area contributed by atoms with E-state index in [0.29, 0.717) is 31.0 Å². The van der Waals surface area contributed by atoms with Gasteiger partial charge in [-0.15, -0.1) is 0 Å². The van der Waals surface area contributed by atoms with Crippen LogP contribution in [-0.2, 0) is 29.1 Å². The van der Waals surface area contributed by atoms with Crippen LogP contribution in [0.4, 0.5) is 5.82 Å². The fourth-order valence-electron chi connectivity index (χ4n) is 3.91. The Balaban J connectivity index is 1.52. The summed E-state index contributed by atoms with van der Waals surface area (Å²) in [6, 6.07) is 16.9. The molecule has 0 amide bonds. The van der Waals surface area contributed by atoms with Gasteiger partial charge in [0.15, 0.2) is 11.0 Å². The van der Waals surface area contributed by atoms with Crippen LogP contribution in [0.25, 0.3) is 0 Å². The van der Waals surface area contributed by atoms with Crippen molar-refractivity contribution in [1.29, 1.82) is 0 Å². The molecule has 1 N–H and O–H groups in total. The second-order valence-electron chi connectivity index (χ2n) is 8.27. The van der Waals surface area contributed by atoms with E-state index in [9.17, 15) is 9.59 Å². The van der Waals surface area contributed by atoms with Crippen LogP contribution in [0.2, 0.25) is 5.15 Å². The third-order valence-electron chi connectivity index (χ3n) is 5.70. The van der Waals surface area contributed by atoms with Gasteiger partial charge in [-0.2, -0.15) is 0 Å². The second-order valence-corrected chi connectivity index (χ2v) is 8.63. The summed E-state index contributed by atoms with van der Waals surface area (Å²) in [6.45, 7) is 4.87. The van der Waals surface area contributed by atoms with Gasteiger partial charge in [0.2, 0.25) is 0 Å². The van der Waals surface area contributed by atoms with E-state index in [0.717, 1.165) is 11.1 Å². The molecule has 166 valence electrons. The molecule has 0 saturated heterocycles. The predicted molar refractivity (Wildman–Crippen MR) is 125 cm³/mol. The van der Waals surface area contributed by atoms with Crippen LogP contribution in [0.1, 0.15) is 54.6 Å². The molecule has 0 spiro atoms. The number of halogens is 1. The van der Waals surface area contributed by atoms with Crippen molar-refractivity contribution in [2.24, 2.45) is 0 Å². The highest BCUT2D eigenvalue weighted by Gasteiger charge is 2.33. The van der Waals surface area contributed by atoms with Gasteiger partial charge in [0.25, 0.3) is 5.56 Å². The number of nitrogens with zero attached hydrogens (tertiary/aromatic N) is 2. The van der Waals surface area contributed by atoms with Crippen LogP contribution in [0, 0.1) is 0 Å². The average Bonchev–Trinajstić information content (AvgIpc) is 3.26. The number of aromatic nitrogens is 2. The molecule has 1 aliphatic heterocycles. The number of ether oxygens (including phenoxy) is 1. The molecule has 0 aliphatic carbocycles. The van der Waals surface area contributed by atoms with Gasteiger partial charge >= 0.3 is 5.97 Å². The van der Waals surface area contributed by atoms with E-state index < -0.39 is 12.0 Å². The number of rotatable bonds is 7. The molecule has 0 saturated carbocycles. The van der Waals surface area contributed by atoms with Crippen LogP contribution in [0.5, 0.6) is 0 Å². The first kappa shape index (κ1) is 22.1. The average molecular weight is 452 g/mol. The van der Waals surface area contributed by atoms with Crippen LogP contribution >= 0.6 is 11.6 Å². The Morgan fingerprint density at radius 1 is 1.19 bits per heavy atom. The van der Waals surface area contributed by atoms with Crippen LogP contribution in [0.15, 0.2) is 59.4 Å². The molecular weight excluding hydrogens is 426 g/mol. The van der Waals surface area contributed by atoms with Gasteiger partial charge in [-0.25, -0.2) is 9.78 Å². The third-order valence-corrected chi connectivity index (χ3v) is 6.00. The molecule has 6 nitrogen and oxygen atoms in total. The van der Waals surface area contributed by atoms with Gasteiger partial charge in [0.05, 0.1) is 5.69 Å². The summed E-state index contributed by atoms with van der Waals surface area (Å²) >= 11 is 6.38. The molecule has 0 fully saturated rings. The van der Waals surface area contributed by atoms with Crippen molar-refractivity contribution in [3.05, 3.63) is 92.5 Å². The molecule has 7 heteroatoms. The molecule has 1 aromatic heterocycles. The molecule has 2 aromatic carbocycles. The summed E-state index contributed by atoms with van der Waals surface area (Å²) in [5.74, 6) is 0.111. The Morgan fingerprint density at radius 3 is 2.69 bits per heavy atom. The highest BCUT2D eigenvalue weighted by Crippen LogP contribution is 2.30. The minimum Gasteiger partial charge on any atom is -0.459 e. The predicted octanol–water partition coefficient (Wildman–Crippen LogP) is 4.86. The van der Waals surface area contributed by atoms with Crippen molar-refractivity contribution in [2.75, 3.05) is 5.32 Å². The van der Waals surface area contributed by atoms with Crippen LogP contribution < -0.4 is 10.9 Å². The third kappa shape index (κ3) is 4.70. The first-order valence-corrected chi connectivity index (χ1v) is 11.2. The molecule has 0 radical (unpaired) electrons. The van der Waals surface area contributed by atoms with Gasteiger partial charge in [-0.05, 0) is 35.4 Å². The normalized spacial score (nSPS) is 14.9. The van der Waals surface area contributed by atoms with Crippen molar-refractivity contribution >= 4 is 23.4 Å². The summed E-state index contributed by atoms with van der Waals surface area (Å²) < 4.78 is 6.93. The second kappa shape index (κ2) is 9.57. The molecule has 1 aliphatic rings. The largest absolute Gasteiger partial charge is 0.459 e. The number of hydrogen-bond acceptors (Lipinski definition) is 5. The van der Waals surface area contributed by atoms with Gasteiger partial charge < -0.3 is 10.1 Å². The number of nitrogens with one attached hydrogen (secondary N) is 1. The highest BCUT2D eigenvalue weighted by molar-refractivity contribution is 6.30. The minimum atomic E-state index is -0.702. The standard InChI is InChI=1S/C25H26ClN3O3/c1-16(2)19-10-6-9-18(13-19)14-27-23-24(30)29-20(22(26)28-23)11-12-21(29)25(31)32-15-17-7-4-3-5-8-17/h3-10,13,16,21H,11-12,14-15H2,1-2H3,(H,27,28)/t21-/m0/s1. The van der Waals surface area contributed by atoms with E-state index in [4.69, 9.17) is 16.3 Å². The smallest absolute Gasteiger partial charge is 0.329 e. The zero-order valence-electron chi connectivity index (χ0n) is 18.2. The van der Waals surface area contributed by atoms with Crippen LogP contribution in [-0.4, -0.2) is 15.5 Å². The van der Waals surface area contributed by atoms with E-state index in [-0.39, 0.29) is 23.1 Å². The zero-order chi connectivity index (χ0) is 22.7. The number of hydrogen-bond donors (Lipinski definition) is 1. The van der Waals surface area contributed by atoms with Gasteiger partial charge in [0.1, 0.15) is 12.6 Å². The van der Waals surface area contributed by atoms with Crippen molar-refractivity contribution in [2.45, 2.75) is 51.8 Å². The molecular formula is C25H26ClN3O3. The maximum absolute atomic E-state index is 13.2. The summed E-state index contributed by atoms with van der Waals surface area (Å²) in [5.41, 5.74) is 3.37. The SMILES string of the molecule is CC(C)c1cccc(CNc2nc(Cl)c3n(c2=O)[C@H](C(=O)OCc2ccccc2)CC3)c1. The number of fused-ring (bicyclic) bond motifs is 1. The number of carbonyl (C=O) groups is 1. The summed E-state index contributed by atoms with van der Waals surface area (Å²) in [4.78, 5) is 30.2. The van der Waals surface area contributed by atoms with Crippen molar-refractivity contribution in [3.63, 3.8) is 0 Å². The molecule has 0 bridgehead atoms. The Bertz CT molecular complexity index is 1170. The first-order valence-electron chi connectivity index (χ1n) is 10.8. The molecule has 2 heterocycles. The minimum absolute atomic E-state index is 0.136. The summed E-state index contributed by atoms with van der Waals surface area (Å²) in [6.07, 6.45) is 0.965. The molecule has 0 unspecified atom stereocenters. The maximum Gasteiger partial charge on any atom is 0.329 e. The highest BCUT2D eigenvalue weighted by atomic mass is 35.5. The molecule has 3 aromatic rings. The number of anilines is 1. The maximum atomic E-state index is 13.2. The fraction of sp³-hybridized carbons (Fsp3) is 0.320. The lowest BCUT2D eigenvalue weighted by atomic mass is 10.0. The molecule has 1 atom stereocenters. The van der Waals surface area contributed by atoms with Crippen LogP contribution in [0.3, 0.4) is 0 Å². The lowest BCUT2D eigenvalue weighted by molar-refractivity contribution is -0.148. The summed E-state index contributed by atoms with van der Waals surface area (Å²) in [5, 5.41) is 3.34. The van der Waals surface area contributed by atoms with E-state index >= 15 is 0 Å². The lowest BCUT2D eigenvalue weighted by Crippen LogP contribution is -2.31. The van der Waals surface area contributed by atoms with Crippen molar-refractivity contribution in [1.82, 2.24) is 9.55 Å². The van der Waals surface area contributed by atoms with E-state index in [2.05, 4.69) is 36.3 Å². The Labute approximate surface area is 192 Å². The number of carbonyl (C=O) groups excluding carboxylic acids is 1. The monoisotopic (exact) mass is 451 g/mol. The Hall–Kier alpha value is -3.12. The zero-order valence-corrected chi connectivity index (χ0v) is 18.9. The van der Waals surface area contributed by atoms with Gasteiger partial charge in [-0.1, -0.05) is 80.0 Å². The lowest BCUT2D eigenvalue weighted by Gasteiger charge is -2.16.